The highest BCUT2D eigenvalue weighted by atomic mass is 35.5. The average Bonchev–Trinajstić information content (AvgIpc) is 2.69. The predicted octanol–water partition coefficient (Wildman–Crippen LogP) is 5.51. The lowest BCUT2D eigenvalue weighted by Gasteiger charge is -2.57. The Labute approximate surface area is 182 Å². The van der Waals surface area contributed by atoms with Crippen molar-refractivity contribution in [1.29, 1.82) is 0 Å². The topological polar surface area (TPSA) is 75.3 Å². The van der Waals surface area contributed by atoms with Crippen molar-refractivity contribution in [3.63, 3.8) is 0 Å². The molecule has 30 heavy (non-hydrogen) atoms. The number of hydrogen-bond donors (Lipinski definition) is 3. The molecule has 2 aromatic carbocycles. The molecule has 5 heteroatoms. The molecule has 0 aromatic heterocycles. The second-order valence-electron chi connectivity index (χ2n) is 9.86. The van der Waals surface area contributed by atoms with E-state index >= 15 is 0 Å². The van der Waals surface area contributed by atoms with Crippen LogP contribution in [0.2, 0.25) is 5.02 Å². The Morgan fingerprint density at radius 3 is 2.20 bits per heavy atom. The van der Waals surface area contributed by atoms with Gasteiger partial charge in [0.2, 0.25) is 0 Å². The number of anilines is 2. The van der Waals surface area contributed by atoms with Crippen molar-refractivity contribution in [3.8, 4) is 0 Å². The fraction of sp³-hybridized carbons (Fsp3) is 0.480. The van der Waals surface area contributed by atoms with Crippen molar-refractivity contribution in [3.05, 3.63) is 58.6 Å². The first kappa shape index (κ1) is 19.9. The molecular weight excluding hydrogens is 396 g/mol. The molecule has 4 nitrogen and oxygen atoms in total. The zero-order valence-electron chi connectivity index (χ0n) is 17.1. The maximum absolute atomic E-state index is 10.9. The van der Waals surface area contributed by atoms with Gasteiger partial charge in [0.15, 0.2) is 0 Å². The quantitative estimate of drug-likeness (QED) is 0.571. The van der Waals surface area contributed by atoms with Gasteiger partial charge >= 0.3 is 5.97 Å². The SMILES string of the molecule is NC(Cc1ccc(Nc2ccc(C34CC5CC(CC(C5)C3)C4)cc2Cl)cc1)C(=O)O. The third-order valence-corrected chi connectivity index (χ3v) is 7.94. The Kier molecular flexibility index (Phi) is 5.03. The molecule has 0 spiro atoms. The normalized spacial score (nSPS) is 30.3. The van der Waals surface area contributed by atoms with Gasteiger partial charge in [0.25, 0.3) is 0 Å². The zero-order valence-corrected chi connectivity index (χ0v) is 17.9. The van der Waals surface area contributed by atoms with E-state index in [1.165, 1.54) is 44.1 Å². The number of rotatable bonds is 6. The molecule has 1 unspecified atom stereocenters. The average molecular weight is 425 g/mol. The number of carboxylic acid groups (broad SMARTS) is 1. The second-order valence-corrected chi connectivity index (χ2v) is 10.3. The van der Waals surface area contributed by atoms with E-state index in [4.69, 9.17) is 22.4 Å². The van der Waals surface area contributed by atoms with Crippen LogP contribution in [0.25, 0.3) is 0 Å². The zero-order chi connectivity index (χ0) is 20.9. The molecule has 4 aliphatic carbocycles. The molecule has 4 fully saturated rings. The molecule has 0 saturated heterocycles. The molecule has 1 atom stereocenters. The summed E-state index contributed by atoms with van der Waals surface area (Å²) in [6, 6.07) is 13.4. The van der Waals surface area contributed by atoms with Crippen LogP contribution in [-0.4, -0.2) is 17.1 Å². The maximum atomic E-state index is 10.9. The molecule has 4 N–H and O–H groups in total. The number of carbonyl (C=O) groups is 1. The first-order valence-corrected chi connectivity index (χ1v) is 11.4. The van der Waals surface area contributed by atoms with Gasteiger partial charge in [-0.2, -0.15) is 0 Å². The monoisotopic (exact) mass is 424 g/mol. The van der Waals surface area contributed by atoms with E-state index in [2.05, 4.69) is 23.5 Å². The number of aliphatic carboxylic acids is 1. The molecule has 0 radical (unpaired) electrons. The second kappa shape index (κ2) is 7.58. The van der Waals surface area contributed by atoms with Gasteiger partial charge in [0, 0.05) is 5.69 Å². The van der Waals surface area contributed by atoms with Crippen molar-refractivity contribution in [2.24, 2.45) is 23.5 Å². The Bertz CT molecular complexity index is 921. The van der Waals surface area contributed by atoms with Gasteiger partial charge in [-0.25, -0.2) is 0 Å². The smallest absolute Gasteiger partial charge is 0.320 e. The van der Waals surface area contributed by atoms with Crippen LogP contribution >= 0.6 is 11.6 Å². The van der Waals surface area contributed by atoms with Crippen LogP contribution in [0.5, 0.6) is 0 Å². The first-order valence-electron chi connectivity index (χ1n) is 11.0. The van der Waals surface area contributed by atoms with E-state index in [1.54, 1.807) is 0 Å². The van der Waals surface area contributed by atoms with Crippen molar-refractivity contribution in [1.82, 2.24) is 0 Å². The Hall–Kier alpha value is -2.04. The number of benzene rings is 2. The summed E-state index contributed by atoms with van der Waals surface area (Å²) in [6.07, 6.45) is 8.65. The summed E-state index contributed by atoms with van der Waals surface area (Å²) >= 11 is 6.71. The molecule has 6 rings (SSSR count). The molecular formula is C25H29ClN2O2. The summed E-state index contributed by atoms with van der Waals surface area (Å²) in [5.41, 5.74) is 10.1. The van der Waals surface area contributed by atoms with E-state index < -0.39 is 12.0 Å². The number of nitrogens with two attached hydrogens (primary N) is 1. The highest BCUT2D eigenvalue weighted by Crippen LogP contribution is 2.61. The van der Waals surface area contributed by atoms with Crippen molar-refractivity contribution in [2.75, 3.05) is 5.32 Å². The number of halogens is 1. The molecule has 0 heterocycles. The van der Waals surface area contributed by atoms with Gasteiger partial charge in [-0.3, -0.25) is 4.79 Å². The van der Waals surface area contributed by atoms with Crippen LogP contribution in [0.15, 0.2) is 42.5 Å². The van der Waals surface area contributed by atoms with Crippen LogP contribution in [0.1, 0.15) is 49.7 Å². The van der Waals surface area contributed by atoms with Gasteiger partial charge in [-0.1, -0.05) is 29.8 Å². The Balaban J connectivity index is 1.30. The molecule has 4 aliphatic rings. The van der Waals surface area contributed by atoms with Crippen LogP contribution in [0, 0.1) is 17.8 Å². The van der Waals surface area contributed by atoms with E-state index in [1.807, 2.05) is 24.3 Å². The van der Waals surface area contributed by atoms with Crippen molar-refractivity contribution in [2.45, 2.75) is 56.4 Å². The highest BCUT2D eigenvalue weighted by Gasteiger charge is 2.51. The Morgan fingerprint density at radius 2 is 1.67 bits per heavy atom. The summed E-state index contributed by atoms with van der Waals surface area (Å²) in [7, 11) is 0. The minimum absolute atomic E-state index is 0.316. The number of carboxylic acids is 1. The van der Waals surface area contributed by atoms with E-state index in [-0.39, 0.29) is 0 Å². The van der Waals surface area contributed by atoms with Crippen molar-refractivity contribution < 1.29 is 9.90 Å². The van der Waals surface area contributed by atoms with Gasteiger partial charge in [-0.15, -0.1) is 0 Å². The first-order chi connectivity index (χ1) is 14.4. The number of nitrogens with one attached hydrogen (secondary N) is 1. The molecule has 2 aromatic rings. The molecule has 158 valence electrons. The van der Waals surface area contributed by atoms with E-state index in [0.717, 1.165) is 39.7 Å². The lowest BCUT2D eigenvalue weighted by molar-refractivity contribution is -0.138. The van der Waals surface area contributed by atoms with Gasteiger partial charge in [-0.05, 0) is 104 Å². The molecule has 0 amide bonds. The Morgan fingerprint density at radius 1 is 1.07 bits per heavy atom. The molecule has 4 bridgehead atoms. The third kappa shape index (κ3) is 3.72. The maximum Gasteiger partial charge on any atom is 0.320 e. The van der Waals surface area contributed by atoms with Crippen molar-refractivity contribution >= 4 is 28.9 Å². The van der Waals surface area contributed by atoms with Gasteiger partial charge in [0.05, 0.1) is 10.7 Å². The lowest BCUT2D eigenvalue weighted by atomic mass is 9.48. The van der Waals surface area contributed by atoms with Gasteiger partial charge < -0.3 is 16.2 Å². The summed E-state index contributed by atoms with van der Waals surface area (Å²) in [6.45, 7) is 0. The minimum Gasteiger partial charge on any atom is -0.480 e. The lowest BCUT2D eigenvalue weighted by Crippen LogP contribution is -2.48. The van der Waals surface area contributed by atoms with Crippen LogP contribution in [0.3, 0.4) is 0 Å². The summed E-state index contributed by atoms with van der Waals surface area (Å²) in [4.78, 5) is 10.9. The fourth-order valence-corrected chi connectivity index (χ4v) is 6.86. The number of hydrogen-bond acceptors (Lipinski definition) is 3. The summed E-state index contributed by atoms with van der Waals surface area (Å²) in [5.74, 6) is 1.77. The van der Waals surface area contributed by atoms with E-state index in [0.29, 0.717) is 11.8 Å². The van der Waals surface area contributed by atoms with Crippen LogP contribution < -0.4 is 11.1 Å². The molecule has 0 aliphatic heterocycles. The summed E-state index contributed by atoms with van der Waals surface area (Å²) in [5, 5.41) is 13.1. The minimum atomic E-state index is -0.983. The molecule has 4 saturated carbocycles. The van der Waals surface area contributed by atoms with Crippen LogP contribution in [-0.2, 0) is 16.6 Å². The van der Waals surface area contributed by atoms with Crippen LogP contribution in [0.4, 0.5) is 11.4 Å². The largest absolute Gasteiger partial charge is 0.480 e. The third-order valence-electron chi connectivity index (χ3n) is 7.63. The standard InChI is InChI=1S/C25H29ClN2O2/c26-21-11-19(25-12-16-7-17(13-25)9-18(8-16)14-25)3-6-23(21)28-20-4-1-15(2-5-20)10-22(27)24(29)30/h1-6,11,16-18,22,28H,7-10,12-14,27H2,(H,29,30). The highest BCUT2D eigenvalue weighted by molar-refractivity contribution is 6.33. The van der Waals surface area contributed by atoms with Gasteiger partial charge in [0.1, 0.15) is 6.04 Å². The van der Waals surface area contributed by atoms with E-state index in [9.17, 15) is 4.79 Å². The predicted molar refractivity (Wildman–Crippen MR) is 120 cm³/mol. The summed E-state index contributed by atoms with van der Waals surface area (Å²) < 4.78 is 0. The fourth-order valence-electron chi connectivity index (χ4n) is 6.63.